The van der Waals surface area contributed by atoms with Crippen LogP contribution in [-0.4, -0.2) is 19.8 Å². The first-order valence-corrected chi connectivity index (χ1v) is 7.11. The fourth-order valence-electron chi connectivity index (χ4n) is 3.21. The van der Waals surface area contributed by atoms with Gasteiger partial charge in [0.05, 0.1) is 19.8 Å². The smallest absolute Gasteiger partial charge is 0.312 e. The molecule has 104 valence electrons. The van der Waals surface area contributed by atoms with E-state index in [0.29, 0.717) is 25.2 Å². The normalized spacial score (nSPS) is 37.4. The summed E-state index contributed by atoms with van der Waals surface area (Å²) in [5, 5.41) is 0. The van der Waals surface area contributed by atoms with E-state index in [1.54, 1.807) is 0 Å². The Morgan fingerprint density at radius 3 is 2.00 bits per heavy atom. The predicted molar refractivity (Wildman–Crippen MR) is 73.7 cm³/mol. The number of rotatable bonds is 2. The fraction of sp³-hybridized carbons (Fsp3) is 0.529. The van der Waals surface area contributed by atoms with Gasteiger partial charge in [-0.15, -0.1) is 6.42 Å². The van der Waals surface area contributed by atoms with Gasteiger partial charge in [-0.3, -0.25) is 0 Å². The minimum Gasteiger partial charge on any atom is -0.323 e. The zero-order valence-electron chi connectivity index (χ0n) is 11.6. The Bertz CT molecular complexity index is 553. The Labute approximate surface area is 119 Å². The second-order valence-electron chi connectivity index (χ2n) is 6.48. The average Bonchev–Trinajstić information content (AvgIpc) is 3.29. The molecule has 0 radical (unpaired) electrons. The highest BCUT2D eigenvalue weighted by atomic mass is 16.9. The summed E-state index contributed by atoms with van der Waals surface area (Å²) in [6.07, 6.45) is 7.87. The van der Waals surface area contributed by atoms with E-state index in [2.05, 4.69) is 12.8 Å². The van der Waals surface area contributed by atoms with E-state index < -0.39 is 5.97 Å². The van der Waals surface area contributed by atoms with Gasteiger partial charge in [0.25, 0.3) is 0 Å². The summed E-state index contributed by atoms with van der Waals surface area (Å²) >= 11 is 0. The molecule has 1 saturated carbocycles. The summed E-state index contributed by atoms with van der Waals surface area (Å²) in [6, 6.07) is 7.62. The summed E-state index contributed by atoms with van der Waals surface area (Å²) in [6.45, 7) is 4.43. The minimum absolute atomic E-state index is 0.0352. The summed E-state index contributed by atoms with van der Waals surface area (Å²) in [5.74, 6) is 1.58. The molecular weight excluding hydrogens is 252 g/mol. The van der Waals surface area contributed by atoms with Crippen molar-refractivity contribution in [1.82, 2.24) is 0 Å². The van der Waals surface area contributed by atoms with Gasteiger partial charge in [-0.05, 0) is 42.5 Å². The second kappa shape index (κ2) is 3.85. The third-order valence-electron chi connectivity index (χ3n) is 5.30. The molecule has 0 amide bonds. The van der Waals surface area contributed by atoms with Crippen LogP contribution in [0.1, 0.15) is 30.9 Å². The molecule has 0 N–H and O–H groups in total. The van der Waals surface area contributed by atoms with Crippen molar-refractivity contribution in [2.75, 3.05) is 19.8 Å². The molecule has 0 spiro atoms. The molecule has 2 bridgehead atoms. The van der Waals surface area contributed by atoms with Gasteiger partial charge in [-0.1, -0.05) is 12.8 Å². The van der Waals surface area contributed by atoms with Crippen LogP contribution in [0.3, 0.4) is 0 Å². The van der Waals surface area contributed by atoms with Crippen LogP contribution in [0.2, 0.25) is 0 Å². The molecule has 1 aromatic carbocycles. The molecule has 3 nitrogen and oxygen atoms in total. The molecule has 0 aromatic heterocycles. The molecule has 20 heavy (non-hydrogen) atoms. The molecule has 3 aliphatic heterocycles. The Morgan fingerprint density at radius 2 is 1.55 bits per heavy atom. The van der Waals surface area contributed by atoms with Crippen LogP contribution in [0.5, 0.6) is 0 Å². The highest BCUT2D eigenvalue weighted by molar-refractivity contribution is 5.35. The Hall–Kier alpha value is -1.34. The maximum absolute atomic E-state index is 6.00. The van der Waals surface area contributed by atoms with Crippen molar-refractivity contribution < 1.29 is 14.2 Å². The maximum atomic E-state index is 6.00. The van der Waals surface area contributed by atoms with Crippen LogP contribution in [-0.2, 0) is 20.2 Å². The van der Waals surface area contributed by atoms with Crippen molar-refractivity contribution in [3.8, 4) is 12.3 Å². The number of benzene rings is 1. The van der Waals surface area contributed by atoms with E-state index >= 15 is 0 Å². The quantitative estimate of drug-likeness (QED) is 0.773. The monoisotopic (exact) mass is 270 g/mol. The van der Waals surface area contributed by atoms with Crippen molar-refractivity contribution >= 4 is 0 Å². The number of fused-ring (bicyclic) bond motifs is 3. The Morgan fingerprint density at radius 1 is 1.00 bits per heavy atom. The first-order chi connectivity index (χ1) is 9.62. The summed E-state index contributed by atoms with van der Waals surface area (Å²) in [7, 11) is 0. The molecule has 3 saturated heterocycles. The van der Waals surface area contributed by atoms with Crippen molar-refractivity contribution in [2.45, 2.75) is 25.7 Å². The van der Waals surface area contributed by atoms with E-state index in [-0.39, 0.29) is 5.41 Å². The predicted octanol–water partition coefficient (Wildman–Crippen LogP) is 2.64. The van der Waals surface area contributed by atoms with Gasteiger partial charge < -0.3 is 14.2 Å². The van der Waals surface area contributed by atoms with Gasteiger partial charge in [0, 0.05) is 16.5 Å². The lowest BCUT2D eigenvalue weighted by atomic mass is 9.74. The Balaban J connectivity index is 1.61. The van der Waals surface area contributed by atoms with Crippen LogP contribution in [0.25, 0.3) is 0 Å². The highest BCUT2D eigenvalue weighted by Crippen LogP contribution is 2.63. The largest absolute Gasteiger partial charge is 0.323 e. The van der Waals surface area contributed by atoms with Gasteiger partial charge in [0.15, 0.2) is 0 Å². The number of hydrogen-bond donors (Lipinski definition) is 0. The van der Waals surface area contributed by atoms with Crippen molar-refractivity contribution in [1.29, 1.82) is 0 Å². The molecule has 4 aliphatic rings. The number of ether oxygens (including phenoxy) is 3. The van der Waals surface area contributed by atoms with E-state index in [9.17, 15) is 0 Å². The molecule has 3 heteroatoms. The molecule has 1 aromatic rings. The third-order valence-corrected chi connectivity index (χ3v) is 5.30. The topological polar surface area (TPSA) is 27.7 Å². The zero-order chi connectivity index (χ0) is 13.8. The van der Waals surface area contributed by atoms with Gasteiger partial charge in [0.1, 0.15) is 0 Å². The highest BCUT2D eigenvalue weighted by Gasteiger charge is 2.64. The fourth-order valence-corrected chi connectivity index (χ4v) is 3.21. The molecule has 4 fully saturated rings. The van der Waals surface area contributed by atoms with E-state index in [1.807, 2.05) is 24.3 Å². The summed E-state index contributed by atoms with van der Waals surface area (Å²) in [5.41, 5.74) is 2.09. The first kappa shape index (κ1) is 12.4. The molecule has 0 unspecified atom stereocenters. The molecule has 5 rings (SSSR count). The number of hydrogen-bond acceptors (Lipinski definition) is 3. The first-order valence-electron chi connectivity index (χ1n) is 7.11. The van der Waals surface area contributed by atoms with Crippen LogP contribution in [0.4, 0.5) is 0 Å². The van der Waals surface area contributed by atoms with Crippen LogP contribution >= 0.6 is 0 Å². The van der Waals surface area contributed by atoms with Crippen molar-refractivity contribution in [2.24, 2.45) is 10.8 Å². The lowest BCUT2D eigenvalue weighted by Crippen LogP contribution is -2.61. The van der Waals surface area contributed by atoms with Crippen LogP contribution in [0.15, 0.2) is 24.3 Å². The molecule has 0 atom stereocenters. The second-order valence-corrected chi connectivity index (χ2v) is 6.48. The van der Waals surface area contributed by atoms with Crippen LogP contribution < -0.4 is 0 Å². The summed E-state index contributed by atoms with van der Waals surface area (Å²) < 4.78 is 18.0. The molecular formula is C17H18O3. The van der Waals surface area contributed by atoms with Gasteiger partial charge in [-0.2, -0.15) is 0 Å². The minimum atomic E-state index is -1.03. The summed E-state index contributed by atoms with van der Waals surface area (Å²) in [4.78, 5) is 0. The van der Waals surface area contributed by atoms with E-state index in [1.165, 1.54) is 12.8 Å². The van der Waals surface area contributed by atoms with Gasteiger partial charge >= 0.3 is 5.97 Å². The number of terminal acetylenes is 1. The zero-order valence-corrected chi connectivity index (χ0v) is 11.6. The van der Waals surface area contributed by atoms with Crippen LogP contribution in [0, 0.1) is 23.2 Å². The standard InChI is InChI=1S/C17H18O3/c1-3-13-4-6-14(7-5-13)17-18-10-16(11-19-17,12-20-17)15(2)8-9-15/h1,4-7H,8-12H2,2H3. The maximum Gasteiger partial charge on any atom is 0.312 e. The average molecular weight is 270 g/mol. The van der Waals surface area contributed by atoms with E-state index in [0.717, 1.165) is 11.1 Å². The lowest BCUT2D eigenvalue weighted by molar-refractivity contribution is -0.486. The van der Waals surface area contributed by atoms with Gasteiger partial charge in [0.2, 0.25) is 0 Å². The van der Waals surface area contributed by atoms with Gasteiger partial charge in [-0.25, -0.2) is 0 Å². The third kappa shape index (κ3) is 1.53. The lowest BCUT2D eigenvalue weighted by Gasteiger charge is -2.54. The van der Waals surface area contributed by atoms with E-state index in [4.69, 9.17) is 20.6 Å². The SMILES string of the molecule is C#Cc1ccc(C23OCC(C4(C)CC4)(CO2)CO3)cc1. The Kier molecular flexibility index (Phi) is 2.39. The van der Waals surface area contributed by atoms with Crippen molar-refractivity contribution in [3.05, 3.63) is 35.4 Å². The van der Waals surface area contributed by atoms with Crippen molar-refractivity contribution in [3.63, 3.8) is 0 Å². The molecule has 3 heterocycles. The molecule has 1 aliphatic carbocycles.